The molecule has 2 aliphatic carbocycles. The number of hydrogen-bond donors (Lipinski definition) is 3. The third kappa shape index (κ3) is 5.61. The van der Waals surface area contributed by atoms with Gasteiger partial charge in [0, 0.05) is 42.0 Å². The first-order valence-electron chi connectivity index (χ1n) is 15.9. The van der Waals surface area contributed by atoms with E-state index in [1.54, 1.807) is 37.5 Å². The molecule has 1 saturated heterocycles. The molecular formula is C34H37N5O7S. The molecule has 246 valence electrons. The molecule has 2 aromatic carbocycles. The van der Waals surface area contributed by atoms with Gasteiger partial charge in [0.1, 0.15) is 17.0 Å². The van der Waals surface area contributed by atoms with E-state index in [1.165, 1.54) is 4.90 Å². The summed E-state index contributed by atoms with van der Waals surface area (Å²) < 4.78 is 40.0. The number of benzene rings is 2. The SMILES string of the molecule is COc1ccc2c(O[C@]34CCCN3C(=O)[C@@H](N)CCC=C[C@@H]3C[C@@]3(C(=O)NS(=O)(=O)C3CC3)NC4=O)cc(-c3ccccc3)nc2c1. The number of hydrogen-bond acceptors (Lipinski definition) is 9. The molecule has 3 amide bonds. The van der Waals surface area contributed by atoms with Gasteiger partial charge in [0.2, 0.25) is 15.9 Å². The van der Waals surface area contributed by atoms with Crippen LogP contribution < -0.4 is 25.2 Å². The average molecular weight is 660 g/mol. The fraction of sp³-hybridized carbons (Fsp3) is 0.412. The van der Waals surface area contributed by atoms with Gasteiger partial charge < -0.3 is 20.5 Å². The molecule has 0 spiro atoms. The summed E-state index contributed by atoms with van der Waals surface area (Å²) in [7, 11) is -2.32. The predicted octanol–water partition coefficient (Wildman–Crippen LogP) is 2.77. The quantitative estimate of drug-likeness (QED) is 0.323. The Balaban J connectivity index is 1.33. The minimum absolute atomic E-state index is 0.122. The van der Waals surface area contributed by atoms with E-state index in [0.29, 0.717) is 60.2 Å². The molecule has 1 aromatic heterocycles. The first-order valence-corrected chi connectivity index (χ1v) is 17.5. The van der Waals surface area contributed by atoms with Gasteiger partial charge in [-0.25, -0.2) is 13.4 Å². The number of carbonyl (C=O) groups excluding carboxylic acids is 3. The third-order valence-corrected chi connectivity index (χ3v) is 11.4. The number of pyridine rings is 1. The molecule has 3 fully saturated rings. The molecule has 4 aliphatic rings. The number of nitrogens with one attached hydrogen (secondary N) is 2. The first-order chi connectivity index (χ1) is 22.6. The fourth-order valence-corrected chi connectivity index (χ4v) is 7.98. The van der Waals surface area contributed by atoms with Crippen LogP contribution in [0.5, 0.6) is 11.5 Å². The van der Waals surface area contributed by atoms with Gasteiger partial charge in [-0.05, 0) is 50.7 Å². The molecule has 2 saturated carbocycles. The monoisotopic (exact) mass is 659 g/mol. The van der Waals surface area contributed by atoms with Crippen molar-refractivity contribution in [1.82, 2.24) is 19.9 Å². The molecule has 2 aliphatic heterocycles. The maximum Gasteiger partial charge on any atom is 0.286 e. The van der Waals surface area contributed by atoms with Gasteiger partial charge in [0.05, 0.1) is 29.6 Å². The number of carbonyl (C=O) groups is 3. The van der Waals surface area contributed by atoms with Crippen molar-refractivity contribution in [3.63, 3.8) is 0 Å². The zero-order valence-corrected chi connectivity index (χ0v) is 26.8. The molecule has 3 aromatic rings. The normalized spacial score (nSPS) is 27.6. The van der Waals surface area contributed by atoms with Crippen LogP contribution in [0.25, 0.3) is 22.2 Å². The lowest BCUT2D eigenvalue weighted by Crippen LogP contribution is -2.66. The highest BCUT2D eigenvalue weighted by Crippen LogP contribution is 2.47. The molecule has 13 heteroatoms. The molecule has 7 rings (SSSR count). The van der Waals surface area contributed by atoms with Crippen LogP contribution in [0.3, 0.4) is 0 Å². The van der Waals surface area contributed by atoms with Crippen LogP contribution in [0.1, 0.15) is 44.9 Å². The standard InChI is InChI=1S/C34H37N5O7S/c1-45-23-12-15-25-28(18-23)36-27(21-8-3-2-4-9-21)19-29(25)46-34-16-7-17-39(34)30(40)26(35)11-6-5-10-22-20-33(22,37-32(34)42)31(41)38-47(43,44)24-13-14-24/h2-5,8-10,12,15,18-19,22,24,26H,6-7,11,13-14,16-17,20,35H2,1H3,(H,37,42)(H,38,41)/t22-,26+,33-,34+/m1/s1. The average Bonchev–Trinajstić information content (AvgIpc) is 3.99. The number of methoxy groups -OCH3 is 1. The maximum absolute atomic E-state index is 14.7. The Kier molecular flexibility index (Phi) is 7.71. The minimum atomic E-state index is -3.88. The van der Waals surface area contributed by atoms with Crippen LogP contribution in [0.2, 0.25) is 0 Å². The molecule has 4 N–H and O–H groups in total. The highest BCUT2D eigenvalue weighted by atomic mass is 32.2. The number of nitrogens with two attached hydrogens (primary N) is 1. The summed E-state index contributed by atoms with van der Waals surface area (Å²) in [6.07, 6.45) is 6.13. The smallest absolute Gasteiger partial charge is 0.286 e. The molecule has 12 nitrogen and oxygen atoms in total. The number of nitrogens with zero attached hydrogens (tertiary/aromatic N) is 2. The summed E-state index contributed by atoms with van der Waals surface area (Å²) in [6, 6.07) is 15.6. The van der Waals surface area contributed by atoms with Crippen LogP contribution in [0.15, 0.2) is 66.7 Å². The van der Waals surface area contributed by atoms with Crippen molar-refractivity contribution in [3.05, 3.63) is 66.7 Å². The van der Waals surface area contributed by atoms with E-state index in [1.807, 2.05) is 36.4 Å². The molecule has 3 heterocycles. The van der Waals surface area contributed by atoms with Crippen molar-refractivity contribution in [2.75, 3.05) is 13.7 Å². The zero-order chi connectivity index (χ0) is 33.0. The second kappa shape index (κ2) is 11.6. The van der Waals surface area contributed by atoms with Crippen molar-refractivity contribution in [1.29, 1.82) is 0 Å². The van der Waals surface area contributed by atoms with Gasteiger partial charge in [0.15, 0.2) is 0 Å². The number of ether oxygens (including phenoxy) is 2. The molecule has 0 unspecified atom stereocenters. The van der Waals surface area contributed by atoms with E-state index in [-0.39, 0.29) is 19.4 Å². The van der Waals surface area contributed by atoms with Crippen molar-refractivity contribution >= 4 is 38.6 Å². The van der Waals surface area contributed by atoms with Gasteiger partial charge in [-0.15, -0.1) is 0 Å². The summed E-state index contributed by atoms with van der Waals surface area (Å²) in [5.74, 6) is -1.52. The van der Waals surface area contributed by atoms with Crippen LogP contribution >= 0.6 is 0 Å². The summed E-state index contributed by atoms with van der Waals surface area (Å²) in [6.45, 7) is 0.205. The molecule has 0 radical (unpaired) electrons. The Morgan fingerprint density at radius 2 is 1.89 bits per heavy atom. The second-order valence-electron chi connectivity index (χ2n) is 12.8. The lowest BCUT2D eigenvalue weighted by molar-refractivity contribution is -0.165. The number of aromatic nitrogens is 1. The maximum atomic E-state index is 14.7. The topological polar surface area (TPSA) is 170 Å². The van der Waals surface area contributed by atoms with Gasteiger partial charge in [-0.2, -0.15) is 0 Å². The largest absolute Gasteiger partial charge is 0.497 e. The molecular weight excluding hydrogens is 622 g/mol. The van der Waals surface area contributed by atoms with E-state index in [2.05, 4.69) is 10.0 Å². The summed E-state index contributed by atoms with van der Waals surface area (Å²) in [4.78, 5) is 48.5. The lowest BCUT2D eigenvalue weighted by Gasteiger charge is -2.39. The number of sulfonamides is 1. The van der Waals surface area contributed by atoms with Gasteiger partial charge in [-0.3, -0.25) is 24.0 Å². The number of allylic oxidation sites excluding steroid dienone is 1. The van der Waals surface area contributed by atoms with E-state index in [9.17, 15) is 22.8 Å². The highest BCUT2D eigenvalue weighted by molar-refractivity contribution is 7.91. The van der Waals surface area contributed by atoms with Crippen LogP contribution in [0, 0.1) is 5.92 Å². The Labute approximate surface area is 272 Å². The first kappa shape index (κ1) is 31.1. The summed E-state index contributed by atoms with van der Waals surface area (Å²) in [5.41, 5.74) is 4.92. The van der Waals surface area contributed by atoms with Gasteiger partial charge in [-0.1, -0.05) is 42.5 Å². The number of rotatable bonds is 7. The number of fused-ring (bicyclic) bond motifs is 3. The Bertz CT molecular complexity index is 1900. The molecule has 47 heavy (non-hydrogen) atoms. The molecule has 4 atom stereocenters. The Morgan fingerprint density at radius 1 is 1.11 bits per heavy atom. The molecule has 0 bridgehead atoms. The summed E-state index contributed by atoms with van der Waals surface area (Å²) >= 11 is 0. The van der Waals surface area contributed by atoms with Crippen molar-refractivity contribution in [3.8, 4) is 22.8 Å². The van der Waals surface area contributed by atoms with Gasteiger partial charge in [0.25, 0.3) is 17.5 Å². The van der Waals surface area contributed by atoms with Crippen molar-refractivity contribution < 1.29 is 32.3 Å². The third-order valence-electron chi connectivity index (χ3n) is 9.57. The Hall–Kier alpha value is -4.49. The lowest BCUT2D eigenvalue weighted by atomic mass is 10.0. The number of amides is 3. The van der Waals surface area contributed by atoms with E-state index >= 15 is 0 Å². The zero-order valence-electron chi connectivity index (χ0n) is 26.0. The van der Waals surface area contributed by atoms with Crippen LogP contribution in [-0.4, -0.2) is 72.2 Å². The summed E-state index contributed by atoms with van der Waals surface area (Å²) in [5, 5.41) is 2.85. The van der Waals surface area contributed by atoms with Crippen molar-refractivity contribution in [2.45, 2.75) is 67.5 Å². The van der Waals surface area contributed by atoms with Gasteiger partial charge >= 0.3 is 0 Å². The van der Waals surface area contributed by atoms with E-state index in [0.717, 1.165) is 5.56 Å². The fourth-order valence-electron chi connectivity index (χ4n) is 6.62. The second-order valence-corrected chi connectivity index (χ2v) is 14.7. The Morgan fingerprint density at radius 3 is 2.64 bits per heavy atom. The highest BCUT2D eigenvalue weighted by Gasteiger charge is 2.64. The van der Waals surface area contributed by atoms with Crippen molar-refractivity contribution in [2.24, 2.45) is 11.7 Å². The minimum Gasteiger partial charge on any atom is -0.497 e. The van der Waals surface area contributed by atoms with E-state index < -0.39 is 56.2 Å². The van der Waals surface area contributed by atoms with Crippen LogP contribution in [-0.2, 0) is 24.4 Å². The predicted molar refractivity (Wildman–Crippen MR) is 173 cm³/mol. The van der Waals surface area contributed by atoms with E-state index in [4.69, 9.17) is 20.2 Å². The van der Waals surface area contributed by atoms with Crippen LogP contribution in [0.4, 0.5) is 0 Å².